The van der Waals surface area contributed by atoms with E-state index in [1.165, 1.54) is 12.1 Å². The summed E-state index contributed by atoms with van der Waals surface area (Å²) in [5, 5.41) is 1.33. The summed E-state index contributed by atoms with van der Waals surface area (Å²) in [6, 6.07) is 20.1. The molecular formula is C25H13LiN2O5S2. The van der Waals surface area contributed by atoms with Gasteiger partial charge >= 0.3 is 18.9 Å². The number of rotatable bonds is 3. The first-order valence-corrected chi connectivity index (χ1v) is 12.5. The summed E-state index contributed by atoms with van der Waals surface area (Å²) in [5.74, 6) is -1.44. The molecule has 35 heavy (non-hydrogen) atoms. The maximum absolute atomic E-state index is 12.8. The third-order valence-electron chi connectivity index (χ3n) is 5.88. The number of aromatic nitrogens is 2. The van der Waals surface area contributed by atoms with Crippen LogP contribution in [0.4, 0.5) is 0 Å². The fourth-order valence-corrected chi connectivity index (χ4v) is 6.27. The molecule has 10 heteroatoms. The molecule has 2 aromatic heterocycles. The van der Waals surface area contributed by atoms with Crippen LogP contribution in [0.2, 0.25) is 0 Å². The Bertz CT molecular complexity index is 1760. The Morgan fingerprint density at radius 3 is 2.20 bits per heavy atom. The van der Waals surface area contributed by atoms with E-state index in [0.29, 0.717) is 37.6 Å². The number of thiazole rings is 1. The molecule has 0 bridgehead atoms. The maximum Gasteiger partial charge on any atom is 1.00 e. The molecule has 0 atom stereocenters. The summed E-state index contributed by atoms with van der Waals surface area (Å²) < 4.78 is 35.1. The first-order chi connectivity index (χ1) is 16.3. The third kappa shape index (κ3) is 3.82. The summed E-state index contributed by atoms with van der Waals surface area (Å²) in [6.45, 7) is 0. The second-order valence-electron chi connectivity index (χ2n) is 7.93. The average Bonchev–Trinajstić information content (AvgIpc) is 3.37. The van der Waals surface area contributed by atoms with Crippen LogP contribution in [0.25, 0.3) is 31.7 Å². The largest absolute Gasteiger partial charge is 1.00 e. The van der Waals surface area contributed by atoms with Gasteiger partial charge in [0.25, 0.3) is 0 Å². The van der Waals surface area contributed by atoms with Gasteiger partial charge in [-0.1, -0.05) is 36.4 Å². The van der Waals surface area contributed by atoms with Gasteiger partial charge in [0.05, 0.1) is 26.3 Å². The van der Waals surface area contributed by atoms with E-state index in [1.54, 1.807) is 54.6 Å². The van der Waals surface area contributed by atoms with Crippen LogP contribution in [-0.2, 0) is 10.1 Å². The summed E-state index contributed by atoms with van der Waals surface area (Å²) in [7, 11) is -4.62. The van der Waals surface area contributed by atoms with Gasteiger partial charge in [-0.3, -0.25) is 14.6 Å². The van der Waals surface area contributed by atoms with E-state index in [0.717, 1.165) is 22.3 Å². The van der Waals surface area contributed by atoms with Crippen LogP contribution in [-0.4, -0.2) is 34.5 Å². The molecule has 0 N–H and O–H groups in total. The van der Waals surface area contributed by atoms with Gasteiger partial charge in [-0.05, 0) is 36.4 Å². The summed E-state index contributed by atoms with van der Waals surface area (Å²) in [6.07, 6.45) is 0. The second kappa shape index (κ2) is 8.48. The van der Waals surface area contributed by atoms with Crippen molar-refractivity contribution in [1.29, 1.82) is 0 Å². The molecule has 0 fully saturated rings. The van der Waals surface area contributed by atoms with E-state index >= 15 is 0 Å². The molecule has 0 spiro atoms. The summed E-state index contributed by atoms with van der Waals surface area (Å²) in [4.78, 5) is 34.5. The van der Waals surface area contributed by atoms with Crippen LogP contribution in [0.15, 0.2) is 77.7 Å². The van der Waals surface area contributed by atoms with E-state index in [9.17, 15) is 22.6 Å². The van der Waals surface area contributed by atoms with Gasteiger partial charge in [0.15, 0.2) is 11.6 Å². The molecular weight excluding hydrogens is 479 g/mol. The van der Waals surface area contributed by atoms with Gasteiger partial charge < -0.3 is 4.55 Å². The average molecular weight is 492 g/mol. The Kier molecular flexibility index (Phi) is 5.71. The molecule has 3 aromatic carbocycles. The van der Waals surface area contributed by atoms with E-state index < -0.39 is 16.0 Å². The number of hydrogen-bond donors (Lipinski definition) is 0. The van der Waals surface area contributed by atoms with Gasteiger partial charge in [0, 0.05) is 22.1 Å². The molecule has 1 aliphatic carbocycles. The van der Waals surface area contributed by atoms with Crippen molar-refractivity contribution < 1.29 is 41.4 Å². The van der Waals surface area contributed by atoms with Gasteiger partial charge in [-0.2, -0.15) is 0 Å². The van der Waals surface area contributed by atoms with Crippen LogP contribution < -0.4 is 18.9 Å². The zero-order valence-electron chi connectivity index (χ0n) is 18.3. The standard InChI is InChI=1S/C25H14N2O5S2.Li/c28-22-15-4-1-2-5-16(15)23(29)21(22)18-11-8-13-12-14(9-10-17(13)26-18)25-27-19-6-3-7-20(24(19)33-25)34(30,31)32;/h1-12,21H,(H,30,31,32);/q;+1/p-1. The molecule has 0 saturated carbocycles. The molecule has 1 aliphatic rings. The Balaban J connectivity index is 0.00000253. The van der Waals surface area contributed by atoms with E-state index in [1.807, 2.05) is 6.07 Å². The number of hydrogen-bond acceptors (Lipinski definition) is 8. The maximum atomic E-state index is 12.8. The topological polar surface area (TPSA) is 117 Å². The molecule has 2 heterocycles. The van der Waals surface area contributed by atoms with Gasteiger partial charge in [-0.15, -0.1) is 11.3 Å². The molecule has 0 unspecified atom stereocenters. The minimum absolute atomic E-state index is 0. The normalized spacial score (nSPS) is 13.9. The number of benzene rings is 3. The van der Waals surface area contributed by atoms with Crippen molar-refractivity contribution in [2.24, 2.45) is 0 Å². The van der Waals surface area contributed by atoms with Gasteiger partial charge in [0.2, 0.25) is 0 Å². The van der Waals surface area contributed by atoms with Crippen molar-refractivity contribution in [2.45, 2.75) is 10.8 Å². The quantitative estimate of drug-likeness (QED) is 0.213. The van der Waals surface area contributed by atoms with Crippen LogP contribution >= 0.6 is 11.3 Å². The molecule has 7 nitrogen and oxygen atoms in total. The summed E-state index contributed by atoms with van der Waals surface area (Å²) in [5.41, 5.74) is 3.02. The Hall–Kier alpha value is -3.19. The van der Waals surface area contributed by atoms with Crippen molar-refractivity contribution in [3.8, 4) is 10.6 Å². The van der Waals surface area contributed by atoms with Crippen LogP contribution in [0, 0.1) is 0 Å². The zero-order valence-corrected chi connectivity index (χ0v) is 19.9. The third-order valence-corrected chi connectivity index (χ3v) is 8.05. The Morgan fingerprint density at radius 2 is 1.51 bits per heavy atom. The number of fused-ring (bicyclic) bond motifs is 3. The number of carbonyl (C=O) groups is 2. The second-order valence-corrected chi connectivity index (χ2v) is 10.3. The number of pyridine rings is 1. The molecule has 0 saturated heterocycles. The van der Waals surface area contributed by atoms with Crippen molar-refractivity contribution in [1.82, 2.24) is 9.97 Å². The minimum atomic E-state index is -4.62. The number of ketones is 2. The van der Waals surface area contributed by atoms with Crippen molar-refractivity contribution in [2.75, 3.05) is 0 Å². The minimum Gasteiger partial charge on any atom is -0.744 e. The Morgan fingerprint density at radius 1 is 0.800 bits per heavy atom. The molecule has 0 radical (unpaired) electrons. The molecule has 166 valence electrons. The van der Waals surface area contributed by atoms with Crippen LogP contribution in [0.3, 0.4) is 0 Å². The van der Waals surface area contributed by atoms with Crippen LogP contribution in [0.1, 0.15) is 32.3 Å². The molecule has 6 rings (SSSR count). The van der Waals surface area contributed by atoms with Gasteiger partial charge in [-0.25, -0.2) is 13.4 Å². The van der Waals surface area contributed by atoms with Crippen LogP contribution in [0.5, 0.6) is 0 Å². The molecule has 0 aliphatic heterocycles. The van der Waals surface area contributed by atoms with Crippen molar-refractivity contribution >= 4 is 54.1 Å². The van der Waals surface area contributed by atoms with E-state index in [4.69, 9.17) is 0 Å². The Labute approximate surface area is 215 Å². The predicted octanol–water partition coefficient (Wildman–Crippen LogP) is 1.58. The number of Topliss-reactive ketones (excluding diaryl/α,β-unsaturated/α-hetero) is 2. The monoisotopic (exact) mass is 492 g/mol. The molecule has 5 aromatic rings. The fraction of sp³-hybridized carbons (Fsp3) is 0.0400. The van der Waals surface area contributed by atoms with Crippen molar-refractivity contribution in [3.63, 3.8) is 0 Å². The number of nitrogens with zero attached hydrogens (tertiary/aromatic N) is 2. The van der Waals surface area contributed by atoms with E-state index in [-0.39, 0.29) is 35.3 Å². The smallest absolute Gasteiger partial charge is 0.744 e. The van der Waals surface area contributed by atoms with Crippen molar-refractivity contribution in [3.05, 3.63) is 89.6 Å². The first kappa shape index (κ1) is 23.5. The fourth-order valence-electron chi connectivity index (χ4n) is 4.29. The number of carbonyl (C=O) groups excluding carboxylic acids is 2. The summed E-state index contributed by atoms with van der Waals surface area (Å²) >= 11 is 1.13. The first-order valence-electron chi connectivity index (χ1n) is 10.3. The molecule has 0 amide bonds. The predicted molar refractivity (Wildman–Crippen MR) is 126 cm³/mol. The van der Waals surface area contributed by atoms with Gasteiger partial charge in [0.1, 0.15) is 21.0 Å². The SMILES string of the molecule is O=C1c2ccccc2C(=O)C1c1ccc2cc(-c3nc4cccc(S(=O)(=O)[O-])c4s3)ccc2n1.[Li+]. The van der Waals surface area contributed by atoms with E-state index in [2.05, 4.69) is 9.97 Å². The zero-order chi connectivity index (χ0) is 23.6.